The number of benzene rings is 1. The second-order valence-electron chi connectivity index (χ2n) is 6.52. The monoisotopic (exact) mass is 400 g/mol. The molecule has 8 heteroatoms. The van der Waals surface area contributed by atoms with Crippen molar-refractivity contribution in [1.29, 1.82) is 0 Å². The molecule has 144 valence electrons. The Hall–Kier alpha value is -2.74. The van der Waals surface area contributed by atoms with E-state index in [4.69, 9.17) is 0 Å². The van der Waals surface area contributed by atoms with E-state index in [0.29, 0.717) is 0 Å². The maximum atomic E-state index is 14.2. The van der Waals surface area contributed by atoms with Crippen molar-refractivity contribution in [2.75, 3.05) is 5.75 Å². The number of fused-ring (bicyclic) bond motifs is 1. The lowest BCUT2D eigenvalue weighted by Crippen LogP contribution is -2.32. The molecule has 0 saturated heterocycles. The molecule has 1 amide bonds. The number of nitrogens with one attached hydrogen (secondary N) is 1. The number of aromatic nitrogens is 3. The number of hydrogen-bond acceptors (Lipinski definition) is 4. The van der Waals surface area contributed by atoms with Gasteiger partial charge in [-0.05, 0) is 43.5 Å². The minimum absolute atomic E-state index is 0.0887. The molecule has 2 aromatic heterocycles. The van der Waals surface area contributed by atoms with Gasteiger partial charge >= 0.3 is 0 Å². The predicted octanol–water partition coefficient (Wildman–Crippen LogP) is 3.83. The Balaban J connectivity index is 1.49. The first-order valence-corrected chi connectivity index (χ1v) is 9.96. The lowest BCUT2D eigenvalue weighted by Gasteiger charge is -2.24. The quantitative estimate of drug-likeness (QED) is 0.662. The molecule has 1 N–H and O–H groups in total. The Morgan fingerprint density at radius 1 is 1.29 bits per heavy atom. The minimum atomic E-state index is -0.663. The SMILES string of the molecule is O=C(CSc1ccccn1)N[C@@H]1CCCc2c1cnn2-c1ccc(F)cc1F. The summed E-state index contributed by atoms with van der Waals surface area (Å²) in [6, 6.07) is 8.84. The zero-order chi connectivity index (χ0) is 19.5. The molecule has 1 aromatic carbocycles. The maximum absolute atomic E-state index is 14.2. The molecule has 28 heavy (non-hydrogen) atoms. The number of carbonyl (C=O) groups is 1. The summed E-state index contributed by atoms with van der Waals surface area (Å²) in [7, 11) is 0. The van der Waals surface area contributed by atoms with Crippen LogP contribution in [0.3, 0.4) is 0 Å². The van der Waals surface area contributed by atoms with E-state index < -0.39 is 11.6 Å². The van der Waals surface area contributed by atoms with Gasteiger partial charge in [-0.15, -0.1) is 0 Å². The third-order valence-electron chi connectivity index (χ3n) is 4.65. The molecule has 0 saturated carbocycles. The molecule has 2 heterocycles. The zero-order valence-corrected chi connectivity index (χ0v) is 15.8. The molecule has 0 spiro atoms. The molecule has 0 bridgehead atoms. The molecule has 0 fully saturated rings. The third-order valence-corrected chi connectivity index (χ3v) is 5.59. The number of rotatable bonds is 5. The lowest BCUT2D eigenvalue weighted by molar-refractivity contribution is -0.119. The number of halogens is 2. The molecule has 1 atom stereocenters. The topological polar surface area (TPSA) is 59.8 Å². The van der Waals surface area contributed by atoms with Gasteiger partial charge in [-0.2, -0.15) is 5.10 Å². The van der Waals surface area contributed by atoms with Gasteiger partial charge in [-0.1, -0.05) is 17.8 Å². The van der Waals surface area contributed by atoms with E-state index >= 15 is 0 Å². The number of carbonyl (C=O) groups excluding carboxylic acids is 1. The first kappa shape index (κ1) is 18.6. The number of hydrogen-bond donors (Lipinski definition) is 1. The van der Waals surface area contributed by atoms with E-state index in [1.807, 2.05) is 18.2 Å². The Morgan fingerprint density at radius 3 is 2.96 bits per heavy atom. The molecular formula is C20H18F2N4OS. The number of nitrogens with zero attached hydrogens (tertiary/aromatic N) is 3. The zero-order valence-electron chi connectivity index (χ0n) is 14.9. The van der Waals surface area contributed by atoms with Crippen LogP contribution in [0.2, 0.25) is 0 Å². The summed E-state index contributed by atoms with van der Waals surface area (Å²) < 4.78 is 28.9. The average molecular weight is 400 g/mol. The van der Waals surface area contributed by atoms with Crippen LogP contribution in [0.5, 0.6) is 0 Å². The average Bonchev–Trinajstić information content (AvgIpc) is 3.12. The van der Waals surface area contributed by atoms with Crippen molar-refractivity contribution in [2.45, 2.75) is 30.3 Å². The number of pyridine rings is 1. The van der Waals surface area contributed by atoms with E-state index in [1.165, 1.54) is 28.6 Å². The highest BCUT2D eigenvalue weighted by molar-refractivity contribution is 7.99. The molecule has 1 aliphatic rings. The largest absolute Gasteiger partial charge is 0.348 e. The standard InChI is InChI=1S/C20H18F2N4OS/c21-13-7-8-18(15(22)10-13)26-17-5-3-4-16(14(17)11-24-26)25-19(27)12-28-20-6-1-2-9-23-20/h1-2,6-11,16H,3-5,12H2,(H,25,27)/t16-/m1/s1. The Morgan fingerprint density at radius 2 is 2.18 bits per heavy atom. The van der Waals surface area contributed by atoms with E-state index in [2.05, 4.69) is 15.4 Å². The molecule has 0 aliphatic heterocycles. The first-order valence-electron chi connectivity index (χ1n) is 8.97. The Labute approximate surface area is 165 Å². The fourth-order valence-electron chi connectivity index (χ4n) is 3.38. The van der Waals surface area contributed by atoms with Gasteiger partial charge in [0.05, 0.1) is 23.0 Å². The highest BCUT2D eigenvalue weighted by Crippen LogP contribution is 2.31. The van der Waals surface area contributed by atoms with Crippen molar-refractivity contribution in [3.63, 3.8) is 0 Å². The summed E-state index contributed by atoms with van der Waals surface area (Å²) in [6.07, 6.45) is 5.72. The molecule has 3 aromatic rings. The second-order valence-corrected chi connectivity index (χ2v) is 7.52. The van der Waals surface area contributed by atoms with Gasteiger partial charge in [0.1, 0.15) is 11.5 Å². The minimum Gasteiger partial charge on any atom is -0.348 e. The lowest BCUT2D eigenvalue weighted by atomic mass is 9.93. The van der Waals surface area contributed by atoms with Gasteiger partial charge in [-0.3, -0.25) is 4.79 Å². The third kappa shape index (κ3) is 3.91. The fourth-order valence-corrected chi connectivity index (χ4v) is 4.05. The summed E-state index contributed by atoms with van der Waals surface area (Å²) >= 11 is 1.37. The van der Waals surface area contributed by atoms with Gasteiger partial charge < -0.3 is 5.32 Å². The van der Waals surface area contributed by atoms with Crippen LogP contribution in [0, 0.1) is 11.6 Å². The predicted molar refractivity (Wildman–Crippen MR) is 102 cm³/mol. The summed E-state index contributed by atoms with van der Waals surface area (Å²) in [5.41, 5.74) is 1.94. The van der Waals surface area contributed by atoms with Crippen LogP contribution in [0.1, 0.15) is 30.1 Å². The summed E-state index contributed by atoms with van der Waals surface area (Å²) in [6.45, 7) is 0. The maximum Gasteiger partial charge on any atom is 0.230 e. The van der Waals surface area contributed by atoms with Crippen molar-refractivity contribution < 1.29 is 13.6 Å². The fraction of sp³-hybridized carbons (Fsp3) is 0.250. The van der Waals surface area contributed by atoms with Crippen molar-refractivity contribution in [3.8, 4) is 5.69 Å². The first-order chi connectivity index (χ1) is 13.6. The van der Waals surface area contributed by atoms with Gasteiger partial charge in [0.25, 0.3) is 0 Å². The highest BCUT2D eigenvalue weighted by Gasteiger charge is 2.26. The number of thioether (sulfide) groups is 1. The number of amides is 1. The molecule has 1 aliphatic carbocycles. The van der Waals surface area contributed by atoms with Crippen LogP contribution < -0.4 is 5.32 Å². The van der Waals surface area contributed by atoms with Crippen LogP contribution in [0.25, 0.3) is 5.69 Å². The Bertz CT molecular complexity index is 993. The van der Waals surface area contributed by atoms with Crippen molar-refractivity contribution in [1.82, 2.24) is 20.1 Å². The highest BCUT2D eigenvalue weighted by atomic mass is 32.2. The molecule has 5 nitrogen and oxygen atoms in total. The summed E-state index contributed by atoms with van der Waals surface area (Å²) in [5.74, 6) is -1.11. The van der Waals surface area contributed by atoms with Crippen LogP contribution in [0.15, 0.2) is 53.8 Å². The summed E-state index contributed by atoms with van der Waals surface area (Å²) in [4.78, 5) is 16.6. The van der Waals surface area contributed by atoms with E-state index in [-0.39, 0.29) is 23.4 Å². The van der Waals surface area contributed by atoms with Crippen molar-refractivity contribution >= 4 is 17.7 Å². The van der Waals surface area contributed by atoms with Crippen LogP contribution in [0.4, 0.5) is 8.78 Å². The molecule has 4 rings (SSSR count). The van der Waals surface area contributed by atoms with Gasteiger partial charge in [0.15, 0.2) is 5.82 Å². The van der Waals surface area contributed by atoms with E-state index in [1.54, 1.807) is 12.4 Å². The van der Waals surface area contributed by atoms with Crippen LogP contribution in [-0.4, -0.2) is 26.4 Å². The van der Waals surface area contributed by atoms with Gasteiger partial charge in [0, 0.05) is 23.5 Å². The van der Waals surface area contributed by atoms with E-state index in [0.717, 1.165) is 41.6 Å². The molecule has 0 radical (unpaired) electrons. The van der Waals surface area contributed by atoms with Crippen LogP contribution >= 0.6 is 11.8 Å². The van der Waals surface area contributed by atoms with Crippen molar-refractivity contribution in [3.05, 3.63) is 71.7 Å². The molecular weight excluding hydrogens is 382 g/mol. The van der Waals surface area contributed by atoms with Gasteiger partial charge in [0.2, 0.25) is 5.91 Å². The van der Waals surface area contributed by atoms with E-state index in [9.17, 15) is 13.6 Å². The van der Waals surface area contributed by atoms with Crippen LogP contribution in [-0.2, 0) is 11.2 Å². The summed E-state index contributed by atoms with van der Waals surface area (Å²) in [5, 5.41) is 8.13. The Kier molecular flexibility index (Phi) is 5.38. The normalized spacial score (nSPS) is 15.9. The second kappa shape index (κ2) is 8.10. The smallest absolute Gasteiger partial charge is 0.230 e. The molecule has 0 unspecified atom stereocenters. The van der Waals surface area contributed by atoms with Crippen molar-refractivity contribution in [2.24, 2.45) is 0 Å². The van der Waals surface area contributed by atoms with Gasteiger partial charge in [-0.25, -0.2) is 18.4 Å².